The summed E-state index contributed by atoms with van der Waals surface area (Å²) in [4.78, 5) is 2.32. The minimum Gasteiger partial charge on any atom is -0.491 e. The number of nitrogens with zero attached hydrogens (tertiary/aromatic N) is 1. The van der Waals surface area contributed by atoms with E-state index < -0.39 is 0 Å². The number of nitrogens with one attached hydrogen (secondary N) is 1. The second kappa shape index (κ2) is 6.87. The van der Waals surface area contributed by atoms with Crippen molar-refractivity contribution in [2.24, 2.45) is 0 Å². The first kappa shape index (κ1) is 14.3. The summed E-state index contributed by atoms with van der Waals surface area (Å²) in [5, 5.41) is 3.36. The molecule has 0 spiro atoms. The van der Waals surface area contributed by atoms with Crippen LogP contribution < -0.4 is 10.1 Å². The fourth-order valence-corrected chi connectivity index (χ4v) is 2.58. The standard InChI is InChI=1S/C15H23FN2O/c1-3-19-15-5-4-12(10-14(15)16)11-18(2)13-6-8-17-9-7-13/h4-5,10,13,17H,3,6-9,11H2,1-2H3. The second-order valence-electron chi connectivity index (χ2n) is 5.09. The lowest BCUT2D eigenvalue weighted by Crippen LogP contribution is -2.40. The van der Waals surface area contributed by atoms with Crippen LogP contribution in [0.1, 0.15) is 25.3 Å². The third-order valence-electron chi connectivity index (χ3n) is 3.66. The average molecular weight is 266 g/mol. The number of halogens is 1. The third-order valence-corrected chi connectivity index (χ3v) is 3.66. The lowest BCUT2D eigenvalue weighted by atomic mass is 10.0. The van der Waals surface area contributed by atoms with Gasteiger partial charge in [-0.25, -0.2) is 4.39 Å². The van der Waals surface area contributed by atoms with Crippen molar-refractivity contribution >= 4 is 0 Å². The minimum atomic E-state index is -0.266. The molecule has 3 nitrogen and oxygen atoms in total. The van der Waals surface area contributed by atoms with Crippen molar-refractivity contribution in [2.45, 2.75) is 32.4 Å². The molecular weight excluding hydrogens is 243 g/mol. The largest absolute Gasteiger partial charge is 0.491 e. The molecule has 19 heavy (non-hydrogen) atoms. The third kappa shape index (κ3) is 3.91. The van der Waals surface area contributed by atoms with E-state index >= 15 is 0 Å². The summed E-state index contributed by atoms with van der Waals surface area (Å²) in [5.74, 6) is 0.0776. The molecule has 0 aliphatic carbocycles. The zero-order chi connectivity index (χ0) is 13.7. The predicted molar refractivity (Wildman–Crippen MR) is 74.9 cm³/mol. The average Bonchev–Trinajstić information content (AvgIpc) is 2.43. The van der Waals surface area contributed by atoms with Gasteiger partial charge in [0, 0.05) is 12.6 Å². The van der Waals surface area contributed by atoms with E-state index in [1.54, 1.807) is 12.1 Å². The van der Waals surface area contributed by atoms with Gasteiger partial charge in [-0.15, -0.1) is 0 Å². The molecule has 1 aromatic carbocycles. The van der Waals surface area contributed by atoms with Crippen LogP contribution in [-0.4, -0.2) is 37.7 Å². The minimum absolute atomic E-state index is 0.266. The van der Waals surface area contributed by atoms with Gasteiger partial charge in [0.25, 0.3) is 0 Å². The normalized spacial score (nSPS) is 16.8. The maximum absolute atomic E-state index is 13.8. The maximum atomic E-state index is 13.8. The number of rotatable bonds is 5. The Morgan fingerprint density at radius 1 is 1.37 bits per heavy atom. The molecule has 0 amide bonds. The van der Waals surface area contributed by atoms with Gasteiger partial charge in [-0.3, -0.25) is 4.90 Å². The molecule has 106 valence electrons. The molecule has 1 fully saturated rings. The van der Waals surface area contributed by atoms with Crippen LogP contribution in [0.4, 0.5) is 4.39 Å². The number of benzene rings is 1. The van der Waals surface area contributed by atoms with Crippen LogP contribution in [-0.2, 0) is 6.54 Å². The van der Waals surface area contributed by atoms with Crippen molar-refractivity contribution in [2.75, 3.05) is 26.7 Å². The van der Waals surface area contributed by atoms with Crippen molar-refractivity contribution in [3.8, 4) is 5.75 Å². The summed E-state index contributed by atoms with van der Waals surface area (Å²) in [5.41, 5.74) is 1.00. The van der Waals surface area contributed by atoms with Gasteiger partial charge in [-0.05, 0) is 57.6 Å². The number of hydrogen-bond acceptors (Lipinski definition) is 3. The summed E-state index contributed by atoms with van der Waals surface area (Å²) in [7, 11) is 2.12. The van der Waals surface area contributed by atoms with Crippen molar-refractivity contribution in [1.82, 2.24) is 10.2 Å². The summed E-state index contributed by atoms with van der Waals surface area (Å²) < 4.78 is 19.0. The maximum Gasteiger partial charge on any atom is 0.165 e. The van der Waals surface area contributed by atoms with Gasteiger partial charge in [0.15, 0.2) is 11.6 Å². The molecule has 2 rings (SSSR count). The van der Waals surface area contributed by atoms with E-state index in [2.05, 4.69) is 17.3 Å². The van der Waals surface area contributed by atoms with E-state index in [0.29, 0.717) is 18.4 Å². The molecule has 4 heteroatoms. The zero-order valence-electron chi connectivity index (χ0n) is 11.8. The van der Waals surface area contributed by atoms with Crippen molar-refractivity contribution in [1.29, 1.82) is 0 Å². The van der Waals surface area contributed by atoms with Gasteiger partial charge in [-0.1, -0.05) is 6.07 Å². The Labute approximate surface area is 114 Å². The van der Waals surface area contributed by atoms with Crippen LogP contribution in [0, 0.1) is 5.82 Å². The molecular formula is C15H23FN2O. The highest BCUT2D eigenvalue weighted by Crippen LogP contribution is 2.20. The van der Waals surface area contributed by atoms with E-state index in [1.165, 1.54) is 0 Å². The summed E-state index contributed by atoms with van der Waals surface area (Å²) >= 11 is 0. The van der Waals surface area contributed by atoms with Crippen molar-refractivity contribution in [3.63, 3.8) is 0 Å². The van der Waals surface area contributed by atoms with Crippen LogP contribution in [0.15, 0.2) is 18.2 Å². The molecule has 0 saturated carbocycles. The molecule has 0 aromatic heterocycles. The summed E-state index contributed by atoms with van der Waals surface area (Å²) in [6.45, 7) is 5.29. The molecule has 1 N–H and O–H groups in total. The SMILES string of the molecule is CCOc1ccc(CN(C)C2CCNCC2)cc1F. The van der Waals surface area contributed by atoms with Gasteiger partial charge in [0.05, 0.1) is 6.61 Å². The van der Waals surface area contributed by atoms with Crippen molar-refractivity contribution < 1.29 is 9.13 Å². The Bertz CT molecular complexity index is 405. The molecule has 1 heterocycles. The topological polar surface area (TPSA) is 24.5 Å². The molecule has 1 aliphatic rings. The van der Waals surface area contributed by atoms with Crippen LogP contribution in [0.2, 0.25) is 0 Å². The van der Waals surface area contributed by atoms with Gasteiger partial charge < -0.3 is 10.1 Å². The molecule has 1 aliphatic heterocycles. The Morgan fingerprint density at radius 2 is 2.11 bits per heavy atom. The van der Waals surface area contributed by atoms with E-state index in [-0.39, 0.29) is 5.82 Å². The second-order valence-corrected chi connectivity index (χ2v) is 5.09. The first-order valence-electron chi connectivity index (χ1n) is 7.03. The molecule has 1 saturated heterocycles. The van der Waals surface area contributed by atoms with E-state index in [4.69, 9.17) is 4.74 Å². The zero-order valence-corrected chi connectivity index (χ0v) is 11.8. The van der Waals surface area contributed by atoms with Crippen LogP contribution in [0.25, 0.3) is 0 Å². The van der Waals surface area contributed by atoms with Gasteiger partial charge in [0.1, 0.15) is 0 Å². The lowest BCUT2D eigenvalue weighted by Gasteiger charge is -2.31. The summed E-state index contributed by atoms with van der Waals surface area (Å²) in [6, 6.07) is 5.86. The van der Waals surface area contributed by atoms with E-state index in [1.807, 2.05) is 13.0 Å². The first-order chi connectivity index (χ1) is 9.20. The highest BCUT2D eigenvalue weighted by Gasteiger charge is 2.18. The highest BCUT2D eigenvalue weighted by molar-refractivity contribution is 5.29. The molecule has 0 atom stereocenters. The Kier molecular flexibility index (Phi) is 5.16. The quantitative estimate of drug-likeness (QED) is 0.885. The number of piperidine rings is 1. The lowest BCUT2D eigenvalue weighted by molar-refractivity contribution is 0.191. The van der Waals surface area contributed by atoms with Gasteiger partial charge in [-0.2, -0.15) is 0 Å². The predicted octanol–water partition coefficient (Wildman–Crippen LogP) is 2.41. The monoisotopic (exact) mass is 266 g/mol. The van der Waals surface area contributed by atoms with E-state index in [0.717, 1.165) is 38.0 Å². The Hall–Kier alpha value is -1.13. The number of ether oxygens (including phenoxy) is 1. The van der Waals surface area contributed by atoms with E-state index in [9.17, 15) is 4.39 Å². The Balaban J connectivity index is 1.96. The fourth-order valence-electron chi connectivity index (χ4n) is 2.58. The van der Waals surface area contributed by atoms with Crippen molar-refractivity contribution in [3.05, 3.63) is 29.6 Å². The number of hydrogen-bond donors (Lipinski definition) is 1. The fraction of sp³-hybridized carbons (Fsp3) is 0.600. The highest BCUT2D eigenvalue weighted by atomic mass is 19.1. The van der Waals surface area contributed by atoms with Gasteiger partial charge >= 0.3 is 0 Å². The molecule has 0 unspecified atom stereocenters. The van der Waals surface area contributed by atoms with Crippen LogP contribution >= 0.6 is 0 Å². The van der Waals surface area contributed by atoms with Crippen LogP contribution in [0.5, 0.6) is 5.75 Å². The smallest absolute Gasteiger partial charge is 0.165 e. The molecule has 0 bridgehead atoms. The summed E-state index contributed by atoms with van der Waals surface area (Å²) in [6.07, 6.45) is 2.33. The Morgan fingerprint density at radius 3 is 2.74 bits per heavy atom. The first-order valence-corrected chi connectivity index (χ1v) is 7.03. The molecule has 1 aromatic rings. The van der Waals surface area contributed by atoms with Crippen LogP contribution in [0.3, 0.4) is 0 Å². The molecule has 0 radical (unpaired) electrons. The van der Waals surface area contributed by atoms with Gasteiger partial charge in [0.2, 0.25) is 0 Å².